The van der Waals surface area contributed by atoms with Crippen LogP contribution in [0.25, 0.3) is 0 Å². The monoisotopic (exact) mass is 298 g/mol. The van der Waals surface area contributed by atoms with Crippen molar-refractivity contribution in [2.45, 2.75) is 25.1 Å². The summed E-state index contributed by atoms with van der Waals surface area (Å²) in [5, 5.41) is 9.10. The Labute approximate surface area is 120 Å². The van der Waals surface area contributed by atoms with Crippen molar-refractivity contribution in [3.63, 3.8) is 0 Å². The van der Waals surface area contributed by atoms with E-state index in [0.29, 0.717) is 19.6 Å². The van der Waals surface area contributed by atoms with Gasteiger partial charge in [-0.05, 0) is 29.9 Å². The number of benzene rings is 1. The van der Waals surface area contributed by atoms with Gasteiger partial charge in [-0.2, -0.15) is 0 Å². The molecule has 1 fully saturated rings. The van der Waals surface area contributed by atoms with Gasteiger partial charge in [0.05, 0.1) is 5.75 Å². The van der Waals surface area contributed by atoms with Crippen LogP contribution in [-0.2, 0) is 22.3 Å². The molecule has 0 bridgehead atoms. The van der Waals surface area contributed by atoms with E-state index in [1.165, 1.54) is 4.31 Å². The number of piperidine rings is 1. The fraction of sp³-hybridized carbons (Fsp3) is 0.571. The van der Waals surface area contributed by atoms with E-state index in [1.807, 2.05) is 24.3 Å². The number of nitrogens with zero attached hydrogens (tertiary/aromatic N) is 1. The Balaban J connectivity index is 2.08. The summed E-state index contributed by atoms with van der Waals surface area (Å²) in [5.74, 6) is 0.238. The highest BCUT2D eigenvalue weighted by atomic mass is 32.2. The largest absolute Gasteiger partial charge is 0.396 e. The predicted octanol–water partition coefficient (Wildman–Crippen LogP) is 0.679. The summed E-state index contributed by atoms with van der Waals surface area (Å²) in [4.78, 5) is 0. The van der Waals surface area contributed by atoms with E-state index in [-0.39, 0.29) is 18.3 Å². The number of sulfonamides is 1. The highest BCUT2D eigenvalue weighted by Crippen LogP contribution is 2.22. The van der Waals surface area contributed by atoms with Crippen LogP contribution in [0.15, 0.2) is 24.3 Å². The molecular weight excluding hydrogens is 276 g/mol. The van der Waals surface area contributed by atoms with Crippen LogP contribution in [0.1, 0.15) is 24.0 Å². The third-order valence-corrected chi connectivity index (χ3v) is 5.73. The molecule has 0 aliphatic carbocycles. The number of hydrogen-bond acceptors (Lipinski definition) is 4. The number of rotatable bonds is 5. The lowest BCUT2D eigenvalue weighted by Crippen LogP contribution is -2.39. The number of aliphatic hydroxyl groups excluding tert-OH is 1. The topological polar surface area (TPSA) is 83.6 Å². The first kappa shape index (κ1) is 15.4. The third-order valence-electron chi connectivity index (χ3n) is 3.90. The van der Waals surface area contributed by atoms with E-state index in [9.17, 15) is 8.42 Å². The lowest BCUT2D eigenvalue weighted by molar-refractivity contribution is 0.170. The molecule has 112 valence electrons. The van der Waals surface area contributed by atoms with E-state index >= 15 is 0 Å². The van der Waals surface area contributed by atoms with Crippen molar-refractivity contribution < 1.29 is 13.5 Å². The van der Waals surface area contributed by atoms with Crippen LogP contribution in [-0.4, -0.2) is 37.5 Å². The Morgan fingerprint density at radius 3 is 2.35 bits per heavy atom. The molecule has 0 spiro atoms. The molecule has 6 heteroatoms. The Morgan fingerprint density at radius 1 is 1.20 bits per heavy atom. The fourth-order valence-corrected chi connectivity index (χ4v) is 4.18. The minimum Gasteiger partial charge on any atom is -0.396 e. The van der Waals surface area contributed by atoms with Crippen molar-refractivity contribution >= 4 is 10.0 Å². The summed E-state index contributed by atoms with van der Waals surface area (Å²) in [6.45, 7) is 1.48. The quantitative estimate of drug-likeness (QED) is 0.837. The average molecular weight is 298 g/mol. The van der Waals surface area contributed by atoms with Gasteiger partial charge < -0.3 is 10.8 Å². The first-order chi connectivity index (χ1) is 9.56. The maximum absolute atomic E-state index is 12.4. The van der Waals surface area contributed by atoms with Gasteiger partial charge in [0.25, 0.3) is 0 Å². The van der Waals surface area contributed by atoms with Gasteiger partial charge in [0, 0.05) is 26.2 Å². The summed E-state index contributed by atoms with van der Waals surface area (Å²) in [6, 6.07) is 7.39. The number of nitrogens with two attached hydrogens (primary N) is 1. The van der Waals surface area contributed by atoms with Crippen LogP contribution < -0.4 is 5.73 Å². The molecule has 20 heavy (non-hydrogen) atoms. The summed E-state index contributed by atoms with van der Waals surface area (Å²) >= 11 is 0. The molecule has 1 aromatic rings. The Bertz CT molecular complexity index is 537. The van der Waals surface area contributed by atoms with E-state index < -0.39 is 10.0 Å². The van der Waals surface area contributed by atoms with Gasteiger partial charge in [-0.15, -0.1) is 0 Å². The van der Waals surface area contributed by atoms with Gasteiger partial charge in [0.2, 0.25) is 10.0 Å². The molecule has 2 rings (SSSR count). The second-order valence-corrected chi connectivity index (χ2v) is 7.22. The zero-order valence-electron chi connectivity index (χ0n) is 11.5. The van der Waals surface area contributed by atoms with Gasteiger partial charge in [-0.3, -0.25) is 0 Å². The molecule has 1 saturated heterocycles. The van der Waals surface area contributed by atoms with E-state index in [1.54, 1.807) is 0 Å². The molecule has 0 saturated carbocycles. The smallest absolute Gasteiger partial charge is 0.218 e. The van der Waals surface area contributed by atoms with Crippen LogP contribution in [0.2, 0.25) is 0 Å². The molecule has 1 aliphatic heterocycles. The molecule has 3 N–H and O–H groups in total. The second-order valence-electron chi connectivity index (χ2n) is 5.25. The normalized spacial score (nSPS) is 18.3. The van der Waals surface area contributed by atoms with Gasteiger partial charge in [-0.1, -0.05) is 24.3 Å². The molecule has 0 atom stereocenters. The van der Waals surface area contributed by atoms with Gasteiger partial charge in [-0.25, -0.2) is 12.7 Å². The van der Waals surface area contributed by atoms with Crippen molar-refractivity contribution in [1.82, 2.24) is 4.31 Å². The minimum absolute atomic E-state index is 0.00413. The highest BCUT2D eigenvalue weighted by molar-refractivity contribution is 7.88. The Kier molecular flexibility index (Phi) is 5.15. The van der Waals surface area contributed by atoms with Crippen molar-refractivity contribution in [3.8, 4) is 0 Å². The zero-order valence-corrected chi connectivity index (χ0v) is 12.3. The lowest BCUT2D eigenvalue weighted by atomic mass is 10.00. The zero-order chi connectivity index (χ0) is 14.6. The van der Waals surface area contributed by atoms with Gasteiger partial charge in [0.15, 0.2) is 0 Å². The van der Waals surface area contributed by atoms with Crippen molar-refractivity contribution in [3.05, 3.63) is 35.4 Å². The van der Waals surface area contributed by atoms with Crippen LogP contribution in [0.3, 0.4) is 0 Å². The van der Waals surface area contributed by atoms with Gasteiger partial charge >= 0.3 is 0 Å². The van der Waals surface area contributed by atoms with E-state index in [4.69, 9.17) is 10.8 Å². The lowest BCUT2D eigenvalue weighted by Gasteiger charge is -2.30. The Morgan fingerprint density at radius 2 is 1.80 bits per heavy atom. The molecule has 5 nitrogen and oxygen atoms in total. The molecular formula is C14H22N2O3S. The number of aliphatic hydroxyl groups is 1. The first-order valence-corrected chi connectivity index (χ1v) is 8.53. The molecule has 0 aromatic heterocycles. The summed E-state index contributed by atoms with van der Waals surface area (Å²) in [6.07, 6.45) is 1.46. The van der Waals surface area contributed by atoms with Crippen LogP contribution >= 0.6 is 0 Å². The fourth-order valence-electron chi connectivity index (χ4n) is 2.56. The predicted molar refractivity (Wildman–Crippen MR) is 78.3 cm³/mol. The highest BCUT2D eigenvalue weighted by Gasteiger charge is 2.28. The second kappa shape index (κ2) is 6.67. The van der Waals surface area contributed by atoms with Crippen molar-refractivity contribution in [1.29, 1.82) is 0 Å². The van der Waals surface area contributed by atoms with Crippen molar-refractivity contribution in [2.75, 3.05) is 19.7 Å². The van der Waals surface area contributed by atoms with Crippen molar-refractivity contribution in [2.24, 2.45) is 11.7 Å². The molecule has 1 heterocycles. The molecule has 1 aliphatic rings. The number of hydrogen-bond donors (Lipinski definition) is 2. The standard InChI is InChI=1S/C14H22N2O3S/c15-9-13-3-1-2-4-14(13)11-20(18,19)16-7-5-12(10-17)6-8-16/h1-4,12,17H,5-11,15H2. The molecule has 1 aromatic carbocycles. The van der Waals surface area contributed by atoms with Gasteiger partial charge in [0.1, 0.15) is 0 Å². The maximum atomic E-state index is 12.4. The molecule has 0 unspecified atom stereocenters. The Hall–Kier alpha value is -0.950. The minimum atomic E-state index is -3.30. The average Bonchev–Trinajstić information content (AvgIpc) is 2.47. The van der Waals surface area contributed by atoms with E-state index in [2.05, 4.69) is 0 Å². The third kappa shape index (κ3) is 3.58. The van der Waals surface area contributed by atoms with Crippen LogP contribution in [0.5, 0.6) is 0 Å². The van der Waals surface area contributed by atoms with E-state index in [0.717, 1.165) is 24.0 Å². The maximum Gasteiger partial charge on any atom is 0.218 e. The van der Waals surface area contributed by atoms with Crippen LogP contribution in [0.4, 0.5) is 0 Å². The summed E-state index contributed by atoms with van der Waals surface area (Å²) in [5.41, 5.74) is 7.30. The molecule has 0 radical (unpaired) electrons. The summed E-state index contributed by atoms with van der Waals surface area (Å²) in [7, 11) is -3.30. The van der Waals surface area contributed by atoms with Crippen LogP contribution in [0, 0.1) is 5.92 Å². The first-order valence-electron chi connectivity index (χ1n) is 6.92. The molecule has 0 amide bonds. The SMILES string of the molecule is NCc1ccccc1CS(=O)(=O)N1CCC(CO)CC1. The summed E-state index contributed by atoms with van der Waals surface area (Å²) < 4.78 is 26.4.